The summed E-state index contributed by atoms with van der Waals surface area (Å²) in [5, 5.41) is 14.7. The SMILES string of the molecule is CCNC(=O)C(N)CCC(=O)N(CCN)CCN.CCc1ccc(C(F)(F)F)cc1.O=CNCC1OB(O)c2ccccc21. The molecule has 3 rings (SSSR count). The predicted octanol–water partition coefficient (Wildman–Crippen LogP) is 0.435. The van der Waals surface area contributed by atoms with Crippen molar-refractivity contribution < 1.29 is 37.2 Å². The van der Waals surface area contributed by atoms with Gasteiger partial charge in [-0.1, -0.05) is 43.3 Å². The third kappa shape index (κ3) is 13.4. The van der Waals surface area contributed by atoms with Crippen LogP contribution >= 0.6 is 0 Å². The maximum atomic E-state index is 12.0. The fourth-order valence-electron chi connectivity index (χ4n) is 4.12. The molecule has 0 saturated heterocycles. The lowest BCUT2D eigenvalue weighted by Crippen LogP contribution is -2.43. The smallest absolute Gasteiger partial charge is 0.423 e. The van der Waals surface area contributed by atoms with Crippen molar-refractivity contribution in [2.24, 2.45) is 17.2 Å². The highest BCUT2D eigenvalue weighted by atomic mass is 19.4. The van der Waals surface area contributed by atoms with Gasteiger partial charge in [-0.3, -0.25) is 14.4 Å². The fourth-order valence-corrected chi connectivity index (χ4v) is 4.12. The van der Waals surface area contributed by atoms with Gasteiger partial charge in [-0.25, -0.2) is 0 Å². The molecule has 0 aromatic heterocycles. The molecule has 1 aliphatic rings. The van der Waals surface area contributed by atoms with Crippen LogP contribution in [0.2, 0.25) is 0 Å². The summed E-state index contributed by atoms with van der Waals surface area (Å²) < 4.78 is 41.3. The number of likely N-dealkylation sites (N-methyl/N-ethyl adjacent to an activating group) is 1. The van der Waals surface area contributed by atoms with Crippen molar-refractivity contribution in [3.05, 3.63) is 65.2 Å². The van der Waals surface area contributed by atoms with Gasteiger partial charge in [0, 0.05) is 45.7 Å². The largest absolute Gasteiger partial charge is 0.492 e. The van der Waals surface area contributed by atoms with Gasteiger partial charge in [-0.15, -0.1) is 0 Å². The van der Waals surface area contributed by atoms with E-state index >= 15 is 0 Å². The number of nitrogens with zero attached hydrogens (tertiary/aromatic N) is 1. The first-order chi connectivity index (χ1) is 20.9. The molecule has 15 heteroatoms. The number of fused-ring (bicyclic) bond motifs is 1. The molecule has 2 aromatic rings. The highest BCUT2D eigenvalue weighted by Gasteiger charge is 2.34. The number of nitrogens with two attached hydrogens (primary N) is 3. The molecule has 2 atom stereocenters. The van der Waals surface area contributed by atoms with Crippen molar-refractivity contribution in [2.45, 2.75) is 51.4 Å². The topological polar surface area (TPSA) is 186 Å². The van der Waals surface area contributed by atoms with Crippen molar-refractivity contribution in [1.29, 1.82) is 0 Å². The van der Waals surface area contributed by atoms with E-state index in [9.17, 15) is 32.6 Å². The number of nitrogens with one attached hydrogen (secondary N) is 2. The Balaban J connectivity index is 0.000000336. The van der Waals surface area contributed by atoms with Crippen LogP contribution in [-0.2, 0) is 31.6 Å². The molecule has 0 bridgehead atoms. The Morgan fingerprint density at radius 1 is 1.09 bits per heavy atom. The van der Waals surface area contributed by atoms with E-state index in [0.717, 1.165) is 35.1 Å². The molecular formula is C29H44BF3N6O5. The van der Waals surface area contributed by atoms with E-state index in [1.54, 1.807) is 4.90 Å². The Bertz CT molecular complexity index is 1140. The van der Waals surface area contributed by atoms with Crippen molar-refractivity contribution in [3.63, 3.8) is 0 Å². The van der Waals surface area contributed by atoms with Crippen LogP contribution in [0.15, 0.2) is 48.5 Å². The molecule has 9 N–H and O–H groups in total. The van der Waals surface area contributed by atoms with Crippen LogP contribution in [0.25, 0.3) is 0 Å². The maximum absolute atomic E-state index is 12.0. The van der Waals surface area contributed by atoms with Gasteiger partial charge < -0.3 is 42.4 Å². The number of carbonyl (C=O) groups is 3. The highest BCUT2D eigenvalue weighted by Crippen LogP contribution is 2.29. The van der Waals surface area contributed by atoms with Gasteiger partial charge in [-0.05, 0) is 48.5 Å². The first kappa shape index (κ1) is 38.5. The lowest BCUT2D eigenvalue weighted by Gasteiger charge is -2.21. The summed E-state index contributed by atoms with van der Waals surface area (Å²) in [5.74, 6) is -0.292. The molecule has 0 radical (unpaired) electrons. The van der Waals surface area contributed by atoms with Gasteiger partial charge >= 0.3 is 13.3 Å². The number of aryl methyl sites for hydroxylation is 1. The zero-order valence-corrected chi connectivity index (χ0v) is 25.2. The number of hydrogen-bond donors (Lipinski definition) is 6. The first-order valence-corrected chi connectivity index (χ1v) is 14.4. The molecule has 1 heterocycles. The van der Waals surface area contributed by atoms with Crippen molar-refractivity contribution in [1.82, 2.24) is 15.5 Å². The van der Waals surface area contributed by atoms with Gasteiger partial charge in [0.25, 0.3) is 0 Å². The van der Waals surface area contributed by atoms with Gasteiger partial charge in [0.1, 0.15) is 0 Å². The molecule has 11 nitrogen and oxygen atoms in total. The normalized spacial score (nSPS) is 14.2. The van der Waals surface area contributed by atoms with Crippen LogP contribution in [0.5, 0.6) is 0 Å². The number of carbonyl (C=O) groups excluding carboxylic acids is 3. The lowest BCUT2D eigenvalue weighted by atomic mass is 9.79. The average Bonchev–Trinajstić information content (AvgIpc) is 3.34. The average molecular weight is 625 g/mol. The number of rotatable bonds is 13. The van der Waals surface area contributed by atoms with E-state index in [2.05, 4.69) is 10.6 Å². The quantitative estimate of drug-likeness (QED) is 0.137. The highest BCUT2D eigenvalue weighted by molar-refractivity contribution is 6.61. The standard InChI is InChI=1S/C11H25N5O2.C9H10BNO3.C9H9F3/c1-2-15-11(18)9(14)3-4-10(17)16(7-5-12)8-6-13;12-6-11-5-9-7-3-1-2-4-8(7)10(13)14-9;1-2-7-3-5-8(6-4-7)9(10,11)12/h9H,2-8,12-14H2,1H3,(H,15,18);1-4,6,9,13H,5H2,(H,11,12);3-6H,2H2,1H3. The summed E-state index contributed by atoms with van der Waals surface area (Å²) in [6.45, 7) is 6.40. The van der Waals surface area contributed by atoms with Crippen molar-refractivity contribution in [2.75, 3.05) is 39.3 Å². The van der Waals surface area contributed by atoms with E-state index in [0.29, 0.717) is 52.1 Å². The van der Waals surface area contributed by atoms with E-state index < -0.39 is 24.9 Å². The molecule has 3 amide bonds. The van der Waals surface area contributed by atoms with Gasteiger partial charge in [0.15, 0.2) is 0 Å². The second-order valence-electron chi connectivity index (χ2n) is 9.68. The third-order valence-corrected chi connectivity index (χ3v) is 6.49. The zero-order chi connectivity index (χ0) is 33.1. The van der Waals surface area contributed by atoms with E-state index in [-0.39, 0.29) is 24.3 Å². The summed E-state index contributed by atoms with van der Waals surface area (Å²) in [6, 6.07) is 12.0. The molecule has 0 fully saturated rings. The zero-order valence-electron chi connectivity index (χ0n) is 25.2. The Hall–Kier alpha value is -3.50. The molecular weight excluding hydrogens is 580 g/mol. The molecule has 44 heavy (non-hydrogen) atoms. The van der Waals surface area contributed by atoms with Crippen molar-refractivity contribution in [3.8, 4) is 0 Å². The Labute approximate surface area is 256 Å². The molecule has 0 spiro atoms. The molecule has 0 saturated carbocycles. The number of benzene rings is 2. The molecule has 2 aromatic carbocycles. The van der Waals surface area contributed by atoms with E-state index in [4.69, 9.17) is 21.9 Å². The van der Waals surface area contributed by atoms with Crippen LogP contribution in [0.3, 0.4) is 0 Å². The lowest BCUT2D eigenvalue weighted by molar-refractivity contribution is -0.137. The van der Waals surface area contributed by atoms with Crippen LogP contribution in [0.1, 0.15) is 49.5 Å². The number of hydrogen-bond acceptors (Lipinski definition) is 8. The second kappa shape index (κ2) is 20.5. The van der Waals surface area contributed by atoms with E-state index in [1.807, 2.05) is 38.1 Å². The molecule has 0 aliphatic carbocycles. The van der Waals surface area contributed by atoms with Gasteiger partial charge in [0.2, 0.25) is 18.2 Å². The number of amides is 3. The van der Waals surface area contributed by atoms with Gasteiger partial charge in [-0.2, -0.15) is 13.2 Å². The summed E-state index contributed by atoms with van der Waals surface area (Å²) in [6.07, 6.45) is -2.51. The summed E-state index contributed by atoms with van der Waals surface area (Å²) in [7, 11) is -0.871. The minimum atomic E-state index is -4.22. The molecule has 2 unspecified atom stereocenters. The summed E-state index contributed by atoms with van der Waals surface area (Å²) in [4.78, 5) is 34.9. The minimum absolute atomic E-state index is 0.0642. The van der Waals surface area contributed by atoms with Crippen LogP contribution in [-0.4, -0.2) is 80.6 Å². The Morgan fingerprint density at radius 2 is 1.70 bits per heavy atom. The summed E-state index contributed by atoms with van der Waals surface area (Å²) in [5.41, 5.74) is 18.6. The fraction of sp³-hybridized carbons (Fsp3) is 0.483. The van der Waals surface area contributed by atoms with Gasteiger partial charge in [0.05, 0.1) is 17.7 Å². The van der Waals surface area contributed by atoms with Crippen LogP contribution in [0.4, 0.5) is 13.2 Å². The van der Waals surface area contributed by atoms with Crippen LogP contribution in [0, 0.1) is 0 Å². The third-order valence-electron chi connectivity index (χ3n) is 6.49. The molecule has 244 valence electrons. The van der Waals surface area contributed by atoms with Crippen molar-refractivity contribution >= 4 is 30.8 Å². The minimum Gasteiger partial charge on any atom is -0.423 e. The second-order valence-corrected chi connectivity index (χ2v) is 9.68. The maximum Gasteiger partial charge on any atom is 0.492 e. The first-order valence-electron chi connectivity index (χ1n) is 14.4. The predicted molar refractivity (Wildman–Crippen MR) is 163 cm³/mol. The van der Waals surface area contributed by atoms with Crippen LogP contribution < -0.4 is 33.3 Å². The summed E-state index contributed by atoms with van der Waals surface area (Å²) >= 11 is 0. The monoisotopic (exact) mass is 624 g/mol. The number of halogens is 3. The Kier molecular flexibility index (Phi) is 17.9. The molecule has 1 aliphatic heterocycles. The Morgan fingerprint density at radius 3 is 2.23 bits per heavy atom. The van der Waals surface area contributed by atoms with E-state index in [1.165, 1.54) is 12.1 Å². The number of alkyl halides is 3.